The van der Waals surface area contributed by atoms with Crippen molar-refractivity contribution >= 4 is 17.9 Å². The summed E-state index contributed by atoms with van der Waals surface area (Å²) in [7, 11) is 0. The molecule has 0 aliphatic rings. The van der Waals surface area contributed by atoms with Gasteiger partial charge >= 0.3 is 0 Å². The Labute approximate surface area is 66.6 Å². The van der Waals surface area contributed by atoms with Crippen molar-refractivity contribution in [2.75, 3.05) is 5.43 Å². The molecule has 1 rings (SSSR count). The molecule has 11 heavy (non-hydrogen) atoms. The number of carbonyl (C=O) groups excluding carboxylic acids is 1. The summed E-state index contributed by atoms with van der Waals surface area (Å²) in [5.41, 5.74) is 1.56. The third-order valence-electron chi connectivity index (χ3n) is 0.835. The fraction of sp³-hybridized carbons (Fsp3) is 0. The molecule has 0 aliphatic heterocycles. The van der Waals surface area contributed by atoms with Crippen LogP contribution in [0, 0.1) is 0 Å². The summed E-state index contributed by atoms with van der Waals surface area (Å²) in [6.45, 7) is 0. The van der Waals surface area contributed by atoms with Gasteiger partial charge in [0.1, 0.15) is 0 Å². The van der Waals surface area contributed by atoms with Crippen molar-refractivity contribution in [1.29, 1.82) is 0 Å². The number of nitrogens with zero attached hydrogens (tertiary/aromatic N) is 3. The van der Waals surface area contributed by atoms with Crippen LogP contribution < -0.4 is 11.0 Å². The molecule has 0 atom stereocenters. The number of carbonyl (C=O) groups is 1. The first-order valence-electron chi connectivity index (χ1n) is 2.61. The zero-order valence-corrected chi connectivity index (χ0v) is 6.15. The largest absolute Gasteiger partial charge is 0.296 e. The Hall–Kier alpha value is -1.37. The molecular weight excluding hydrogens is 168 g/mol. The van der Waals surface area contributed by atoms with Gasteiger partial charge < -0.3 is 0 Å². The van der Waals surface area contributed by atoms with Crippen LogP contribution in [0.3, 0.4) is 0 Å². The Morgan fingerprint density at radius 3 is 3.00 bits per heavy atom. The average molecular weight is 172 g/mol. The Morgan fingerprint density at radius 1 is 1.73 bits per heavy atom. The van der Waals surface area contributed by atoms with Gasteiger partial charge in [0, 0.05) is 6.07 Å². The summed E-state index contributed by atoms with van der Waals surface area (Å²) in [4.78, 5) is 21.7. The monoisotopic (exact) mass is 172 g/mol. The normalized spacial score (nSPS) is 9.18. The minimum Gasteiger partial charge on any atom is -0.266 e. The van der Waals surface area contributed by atoms with Crippen LogP contribution in [-0.4, -0.2) is 20.3 Å². The van der Waals surface area contributed by atoms with Crippen molar-refractivity contribution in [2.24, 2.45) is 0 Å². The fourth-order valence-corrected chi connectivity index (χ4v) is 0.556. The van der Waals surface area contributed by atoms with Crippen molar-refractivity contribution in [3.05, 3.63) is 22.6 Å². The van der Waals surface area contributed by atoms with Gasteiger partial charge in [-0.1, -0.05) is 12.6 Å². The molecule has 0 bridgehead atoms. The van der Waals surface area contributed by atoms with Crippen LogP contribution >= 0.6 is 12.6 Å². The quantitative estimate of drug-likeness (QED) is 0.545. The Bertz CT molecular complexity index is 322. The van der Waals surface area contributed by atoms with Gasteiger partial charge in [-0.2, -0.15) is 0 Å². The molecule has 1 heterocycles. The summed E-state index contributed by atoms with van der Waals surface area (Å²) < 4.78 is 0. The lowest BCUT2D eigenvalue weighted by molar-refractivity contribution is 0.267. The lowest BCUT2D eigenvalue weighted by Gasteiger charge is -1.98. The summed E-state index contributed by atoms with van der Waals surface area (Å²) in [6.07, 6.45) is 1.23. The second-order valence-corrected chi connectivity index (χ2v) is 1.99. The second kappa shape index (κ2) is 3.15. The first kappa shape index (κ1) is 7.73. The Balaban J connectivity index is 2.95. The molecule has 1 aromatic rings. The smallest absolute Gasteiger partial charge is 0.266 e. The van der Waals surface area contributed by atoms with Crippen LogP contribution in [0.25, 0.3) is 0 Å². The zero-order valence-electron chi connectivity index (χ0n) is 5.26. The van der Waals surface area contributed by atoms with E-state index in [4.69, 9.17) is 0 Å². The van der Waals surface area contributed by atoms with E-state index in [-0.39, 0.29) is 0 Å². The maximum atomic E-state index is 10.8. The van der Waals surface area contributed by atoms with E-state index in [1.807, 2.05) is 5.43 Å². The highest BCUT2D eigenvalue weighted by atomic mass is 32.1. The number of amides is 1. The Morgan fingerprint density at radius 2 is 2.45 bits per heavy atom. The molecule has 58 valence electrons. The lowest BCUT2D eigenvalue weighted by atomic mass is 10.7. The maximum Gasteiger partial charge on any atom is 0.296 e. The van der Waals surface area contributed by atoms with Crippen LogP contribution in [0.2, 0.25) is 0 Å². The van der Waals surface area contributed by atoms with Crippen molar-refractivity contribution in [3.63, 3.8) is 0 Å². The molecule has 0 saturated carbocycles. The van der Waals surface area contributed by atoms with Crippen LogP contribution in [0.15, 0.2) is 17.1 Å². The van der Waals surface area contributed by atoms with Crippen LogP contribution in [0.4, 0.5) is 4.79 Å². The van der Waals surface area contributed by atoms with Gasteiger partial charge in [-0.15, -0.1) is 9.89 Å². The molecule has 1 amide bonds. The minimum atomic E-state index is -0.674. The van der Waals surface area contributed by atoms with Crippen molar-refractivity contribution in [3.8, 4) is 0 Å². The van der Waals surface area contributed by atoms with E-state index in [9.17, 15) is 9.59 Å². The number of aromatic nitrogens is 3. The van der Waals surface area contributed by atoms with Gasteiger partial charge in [0.05, 0.1) is 6.20 Å². The highest BCUT2D eigenvalue weighted by molar-refractivity contribution is 7.96. The van der Waals surface area contributed by atoms with E-state index in [1.54, 1.807) is 0 Å². The number of hydrogen-bond acceptors (Lipinski definition) is 4. The van der Waals surface area contributed by atoms with Gasteiger partial charge in [0.25, 0.3) is 10.8 Å². The summed E-state index contributed by atoms with van der Waals surface area (Å²) in [6, 6.07) is 1.16. The van der Waals surface area contributed by atoms with Crippen LogP contribution in [0.5, 0.6) is 0 Å². The number of nitrogens with one attached hydrogen (secondary N) is 1. The lowest BCUT2D eigenvalue weighted by Crippen LogP contribution is -2.32. The highest BCUT2D eigenvalue weighted by Gasteiger charge is 1.96. The fourth-order valence-electron chi connectivity index (χ4n) is 0.461. The predicted molar refractivity (Wildman–Crippen MR) is 40.0 cm³/mol. The van der Waals surface area contributed by atoms with Gasteiger partial charge in [0.15, 0.2) is 0 Å². The SMILES string of the molecule is O=C(S)Nn1nnccc1=O. The number of rotatable bonds is 1. The van der Waals surface area contributed by atoms with E-state index in [0.29, 0.717) is 4.79 Å². The highest BCUT2D eigenvalue weighted by Crippen LogP contribution is 1.75. The molecule has 0 aliphatic carbocycles. The summed E-state index contributed by atoms with van der Waals surface area (Å²) >= 11 is 3.38. The first-order chi connectivity index (χ1) is 5.20. The zero-order chi connectivity index (χ0) is 8.27. The van der Waals surface area contributed by atoms with Crippen LogP contribution in [-0.2, 0) is 0 Å². The van der Waals surface area contributed by atoms with Crippen LogP contribution in [0.1, 0.15) is 0 Å². The molecule has 6 nitrogen and oxygen atoms in total. The molecule has 0 spiro atoms. The standard InChI is InChI=1S/C4H4N4O2S/c9-3-1-2-5-7-8(3)6-4(10)11/h1-2H,(H2,6,10,11). The average Bonchev–Trinajstić information content (AvgIpc) is 1.93. The van der Waals surface area contributed by atoms with E-state index in [0.717, 1.165) is 6.07 Å². The molecule has 0 saturated heterocycles. The summed E-state index contributed by atoms with van der Waals surface area (Å²) in [5.74, 6) is 0. The van der Waals surface area contributed by atoms with Gasteiger partial charge in [-0.25, -0.2) is 5.43 Å². The molecule has 0 fully saturated rings. The van der Waals surface area contributed by atoms with Gasteiger partial charge in [0.2, 0.25) is 0 Å². The minimum absolute atomic E-state index is 0.470. The molecule has 0 radical (unpaired) electrons. The molecule has 0 unspecified atom stereocenters. The predicted octanol–water partition coefficient (Wildman–Crippen LogP) is -0.768. The van der Waals surface area contributed by atoms with Gasteiger partial charge in [-0.05, 0) is 5.21 Å². The third kappa shape index (κ3) is 2.04. The van der Waals surface area contributed by atoms with Crippen molar-refractivity contribution < 1.29 is 4.79 Å². The molecule has 0 aromatic carbocycles. The number of hydrogen-bond donors (Lipinski definition) is 2. The molecule has 1 aromatic heterocycles. The van der Waals surface area contributed by atoms with Crippen molar-refractivity contribution in [2.45, 2.75) is 0 Å². The molecule has 1 N–H and O–H groups in total. The molecule has 7 heteroatoms. The van der Waals surface area contributed by atoms with E-state index in [1.165, 1.54) is 6.20 Å². The topological polar surface area (TPSA) is 76.9 Å². The van der Waals surface area contributed by atoms with Crippen molar-refractivity contribution in [1.82, 2.24) is 15.1 Å². The third-order valence-corrected chi connectivity index (χ3v) is 0.935. The van der Waals surface area contributed by atoms with E-state index >= 15 is 0 Å². The first-order valence-corrected chi connectivity index (χ1v) is 3.06. The second-order valence-electron chi connectivity index (χ2n) is 1.59. The van der Waals surface area contributed by atoms with E-state index < -0.39 is 10.8 Å². The van der Waals surface area contributed by atoms with E-state index in [2.05, 4.69) is 22.9 Å². The maximum absolute atomic E-state index is 10.8. The molecular formula is C4H4N4O2S. The summed E-state index contributed by atoms with van der Waals surface area (Å²) in [5, 5.41) is 5.98. The van der Waals surface area contributed by atoms with Gasteiger partial charge in [-0.3, -0.25) is 9.59 Å². The number of thiol groups is 1. The Kier molecular flexibility index (Phi) is 2.21.